The normalized spacial score (nSPS) is 10.3. The Kier molecular flexibility index (Phi) is 5.38. The molecular weight excluding hydrogens is 555 g/mol. The highest BCUT2D eigenvalue weighted by atomic mass is 127. The van der Waals surface area contributed by atoms with E-state index in [0.29, 0.717) is 11.4 Å². The summed E-state index contributed by atoms with van der Waals surface area (Å²) in [5, 5.41) is 2.78. The van der Waals surface area contributed by atoms with Crippen molar-refractivity contribution in [2.24, 2.45) is 0 Å². The van der Waals surface area contributed by atoms with Crippen molar-refractivity contribution in [3.63, 3.8) is 0 Å². The fraction of sp³-hybridized carbons (Fsp3) is 0. The lowest BCUT2D eigenvalue weighted by Crippen LogP contribution is -2.14. The smallest absolute Gasteiger partial charge is 0.257 e. The van der Waals surface area contributed by atoms with E-state index in [1.807, 2.05) is 18.2 Å². The number of amides is 1. The first-order valence-corrected chi connectivity index (χ1v) is 8.50. The Morgan fingerprint density at radius 3 is 2.58 bits per heavy atom. The van der Waals surface area contributed by atoms with Crippen molar-refractivity contribution < 1.29 is 4.79 Å². The molecule has 19 heavy (non-hydrogen) atoms. The fourth-order valence-electron chi connectivity index (χ4n) is 1.35. The molecule has 1 N–H and O–H groups in total. The highest BCUT2D eigenvalue weighted by Gasteiger charge is 2.13. The minimum absolute atomic E-state index is 0.193. The minimum Gasteiger partial charge on any atom is -0.306 e. The molecule has 0 spiro atoms. The van der Waals surface area contributed by atoms with Crippen LogP contribution in [-0.2, 0) is 0 Å². The summed E-state index contributed by atoms with van der Waals surface area (Å²) in [6.45, 7) is 0. The van der Waals surface area contributed by atoms with Gasteiger partial charge in [-0.2, -0.15) is 0 Å². The van der Waals surface area contributed by atoms with Gasteiger partial charge in [0.2, 0.25) is 0 Å². The van der Waals surface area contributed by atoms with E-state index in [2.05, 4.69) is 80.7 Å². The Balaban J connectivity index is 2.28. The molecule has 1 heterocycles. The second kappa shape index (κ2) is 6.64. The summed E-state index contributed by atoms with van der Waals surface area (Å²) in [6, 6.07) is 7.38. The largest absolute Gasteiger partial charge is 0.306 e. The summed E-state index contributed by atoms with van der Waals surface area (Å²) < 4.78 is 3.31. The second-order valence-corrected chi connectivity index (χ2v) is 7.41. The lowest BCUT2D eigenvalue weighted by molar-refractivity contribution is 0.102. The SMILES string of the molecule is O=C(Nc1ncc(Br)cc1Br)c1cc(Br)ccc1I. The van der Waals surface area contributed by atoms with Gasteiger partial charge in [-0.3, -0.25) is 4.79 Å². The van der Waals surface area contributed by atoms with Gasteiger partial charge in [-0.25, -0.2) is 4.98 Å². The third-order valence-electron chi connectivity index (χ3n) is 2.21. The zero-order chi connectivity index (χ0) is 14.0. The van der Waals surface area contributed by atoms with Crippen LogP contribution in [0.25, 0.3) is 0 Å². The molecule has 1 amide bonds. The Morgan fingerprint density at radius 2 is 1.89 bits per heavy atom. The average molecular weight is 561 g/mol. The summed E-state index contributed by atoms with van der Waals surface area (Å²) >= 11 is 12.2. The van der Waals surface area contributed by atoms with Crippen LogP contribution in [0.2, 0.25) is 0 Å². The van der Waals surface area contributed by atoms with Gasteiger partial charge < -0.3 is 5.32 Å². The number of carbonyl (C=O) groups is 1. The second-order valence-electron chi connectivity index (χ2n) is 3.56. The summed E-state index contributed by atoms with van der Waals surface area (Å²) in [5.74, 6) is 0.296. The van der Waals surface area contributed by atoms with E-state index in [-0.39, 0.29) is 5.91 Å². The Hall–Kier alpha value is 0.01000. The first-order valence-electron chi connectivity index (χ1n) is 5.05. The van der Waals surface area contributed by atoms with Gasteiger partial charge in [-0.05, 0) is 78.7 Å². The quantitative estimate of drug-likeness (QED) is 0.512. The number of nitrogens with zero attached hydrogens (tertiary/aromatic N) is 1. The molecule has 0 unspecified atom stereocenters. The Bertz CT molecular complexity index is 649. The zero-order valence-corrected chi connectivity index (χ0v) is 16.2. The Labute approximate surface area is 149 Å². The molecule has 0 saturated carbocycles. The molecule has 1 aromatic carbocycles. The van der Waals surface area contributed by atoms with Gasteiger partial charge in [-0.15, -0.1) is 0 Å². The summed E-state index contributed by atoms with van der Waals surface area (Å²) in [5.41, 5.74) is 0.603. The third kappa shape index (κ3) is 3.99. The van der Waals surface area contributed by atoms with Crippen LogP contribution in [0.4, 0.5) is 5.82 Å². The predicted octanol–water partition coefficient (Wildman–Crippen LogP) is 5.23. The summed E-state index contributed by atoms with van der Waals surface area (Å²) in [6.07, 6.45) is 1.63. The van der Waals surface area contributed by atoms with Crippen LogP contribution in [0, 0.1) is 3.57 Å². The van der Waals surface area contributed by atoms with Crippen molar-refractivity contribution in [1.82, 2.24) is 4.98 Å². The van der Waals surface area contributed by atoms with E-state index < -0.39 is 0 Å². The molecule has 1 aromatic heterocycles. The maximum atomic E-state index is 12.2. The topological polar surface area (TPSA) is 42.0 Å². The monoisotopic (exact) mass is 558 g/mol. The number of pyridine rings is 1. The summed E-state index contributed by atoms with van der Waals surface area (Å²) in [4.78, 5) is 16.4. The molecule has 2 rings (SSSR count). The van der Waals surface area contributed by atoms with Crippen LogP contribution < -0.4 is 5.32 Å². The number of aromatic nitrogens is 1. The first kappa shape index (κ1) is 15.4. The minimum atomic E-state index is -0.193. The maximum Gasteiger partial charge on any atom is 0.257 e. The highest BCUT2D eigenvalue weighted by Crippen LogP contribution is 2.25. The van der Waals surface area contributed by atoms with Crippen LogP contribution >= 0.6 is 70.4 Å². The van der Waals surface area contributed by atoms with Gasteiger partial charge in [0.05, 0.1) is 10.0 Å². The number of hydrogen-bond donors (Lipinski definition) is 1. The fourth-order valence-corrected chi connectivity index (χ4v) is 3.38. The molecule has 98 valence electrons. The van der Waals surface area contributed by atoms with Gasteiger partial charge in [0.1, 0.15) is 5.82 Å². The van der Waals surface area contributed by atoms with E-state index in [1.165, 1.54) is 0 Å². The molecule has 0 radical (unpaired) electrons. The molecule has 7 heteroatoms. The molecule has 0 bridgehead atoms. The molecule has 0 saturated heterocycles. The third-order valence-corrected chi connectivity index (χ3v) is 4.68. The van der Waals surface area contributed by atoms with Crippen molar-refractivity contribution >= 4 is 82.1 Å². The number of anilines is 1. The molecule has 2 aromatic rings. The predicted molar refractivity (Wildman–Crippen MR) is 94.4 cm³/mol. The molecular formula is C12H6Br3IN2O. The number of carbonyl (C=O) groups excluding carboxylic acids is 1. The van der Waals surface area contributed by atoms with E-state index in [4.69, 9.17) is 0 Å². The zero-order valence-electron chi connectivity index (χ0n) is 9.25. The average Bonchev–Trinajstić information content (AvgIpc) is 2.35. The van der Waals surface area contributed by atoms with E-state index in [0.717, 1.165) is 17.0 Å². The number of halogens is 4. The van der Waals surface area contributed by atoms with Gasteiger partial charge in [0.15, 0.2) is 0 Å². The van der Waals surface area contributed by atoms with E-state index in [9.17, 15) is 4.79 Å². The van der Waals surface area contributed by atoms with Crippen molar-refractivity contribution in [3.8, 4) is 0 Å². The van der Waals surface area contributed by atoms with Crippen LogP contribution in [0.1, 0.15) is 10.4 Å². The van der Waals surface area contributed by atoms with Crippen molar-refractivity contribution in [1.29, 1.82) is 0 Å². The van der Waals surface area contributed by atoms with E-state index in [1.54, 1.807) is 12.3 Å². The molecule has 0 fully saturated rings. The van der Waals surface area contributed by atoms with Crippen molar-refractivity contribution in [3.05, 3.63) is 53.0 Å². The van der Waals surface area contributed by atoms with Crippen molar-refractivity contribution in [2.75, 3.05) is 5.32 Å². The molecule has 0 atom stereocenters. The number of rotatable bonds is 2. The number of benzene rings is 1. The molecule has 0 aliphatic rings. The van der Waals surface area contributed by atoms with Crippen molar-refractivity contribution in [2.45, 2.75) is 0 Å². The van der Waals surface area contributed by atoms with Gasteiger partial charge in [0, 0.05) is 18.7 Å². The highest BCUT2D eigenvalue weighted by molar-refractivity contribution is 14.1. The van der Waals surface area contributed by atoms with Gasteiger partial charge in [-0.1, -0.05) is 15.9 Å². The van der Waals surface area contributed by atoms with Gasteiger partial charge in [0.25, 0.3) is 5.91 Å². The molecule has 0 aliphatic carbocycles. The van der Waals surface area contributed by atoms with Crippen LogP contribution in [-0.4, -0.2) is 10.9 Å². The molecule has 0 aliphatic heterocycles. The first-order chi connectivity index (χ1) is 8.97. The van der Waals surface area contributed by atoms with E-state index >= 15 is 0 Å². The number of hydrogen-bond acceptors (Lipinski definition) is 2. The summed E-state index contributed by atoms with van der Waals surface area (Å²) in [7, 11) is 0. The van der Waals surface area contributed by atoms with Crippen LogP contribution in [0.3, 0.4) is 0 Å². The van der Waals surface area contributed by atoms with Crippen LogP contribution in [0.5, 0.6) is 0 Å². The maximum absolute atomic E-state index is 12.2. The molecule has 3 nitrogen and oxygen atoms in total. The lowest BCUT2D eigenvalue weighted by Gasteiger charge is -2.08. The Morgan fingerprint density at radius 1 is 1.16 bits per heavy atom. The number of nitrogens with one attached hydrogen (secondary N) is 1. The lowest BCUT2D eigenvalue weighted by atomic mass is 10.2. The van der Waals surface area contributed by atoms with Crippen LogP contribution in [0.15, 0.2) is 43.9 Å². The van der Waals surface area contributed by atoms with Gasteiger partial charge >= 0.3 is 0 Å². The standard InChI is InChI=1S/C12H6Br3IN2O/c13-6-1-2-10(16)8(3-6)12(19)18-11-9(15)4-7(14)5-17-11/h1-5H,(H,17,18,19).